The first kappa shape index (κ1) is 21.0. The summed E-state index contributed by atoms with van der Waals surface area (Å²) >= 11 is 0. The molecule has 0 aromatic heterocycles. The molecule has 2 unspecified atom stereocenters. The Morgan fingerprint density at radius 2 is 1.70 bits per heavy atom. The van der Waals surface area contributed by atoms with Crippen LogP contribution in [0.1, 0.15) is 62.8 Å². The third kappa shape index (κ3) is 6.72. The highest BCUT2D eigenvalue weighted by Gasteiger charge is 2.16. The molecular formula is C23H31NO3. The van der Waals surface area contributed by atoms with Crippen LogP contribution in [0.25, 0.3) is 0 Å². The third-order valence-corrected chi connectivity index (χ3v) is 4.71. The lowest BCUT2D eigenvalue weighted by Gasteiger charge is -2.17. The van der Waals surface area contributed by atoms with E-state index in [9.17, 15) is 10.2 Å². The average molecular weight is 370 g/mol. The lowest BCUT2D eigenvalue weighted by molar-refractivity contribution is 0.157. The molecule has 4 nitrogen and oxygen atoms in total. The van der Waals surface area contributed by atoms with E-state index in [1.54, 1.807) is 12.1 Å². The van der Waals surface area contributed by atoms with Crippen molar-refractivity contribution < 1.29 is 14.9 Å². The summed E-state index contributed by atoms with van der Waals surface area (Å²) in [6, 6.07) is 15.3. The van der Waals surface area contributed by atoms with Crippen LogP contribution in [-0.2, 0) is 11.2 Å². The Bertz CT molecular complexity index is 728. The van der Waals surface area contributed by atoms with Gasteiger partial charge >= 0.3 is 0 Å². The highest BCUT2D eigenvalue weighted by atomic mass is 16.5. The highest BCUT2D eigenvalue weighted by Crippen LogP contribution is 2.27. The Morgan fingerprint density at radius 3 is 2.37 bits per heavy atom. The summed E-state index contributed by atoms with van der Waals surface area (Å²) in [5, 5.41) is 28.5. The van der Waals surface area contributed by atoms with Crippen molar-refractivity contribution in [3.05, 3.63) is 65.2 Å². The zero-order valence-corrected chi connectivity index (χ0v) is 16.5. The maximum Gasteiger partial charge on any atom is 0.217 e. The van der Waals surface area contributed by atoms with E-state index in [1.165, 1.54) is 11.6 Å². The largest absolute Gasteiger partial charge is 0.507 e. The lowest BCUT2D eigenvalue weighted by atomic mass is 9.93. The normalized spacial score (nSPS) is 13.4. The zero-order valence-electron chi connectivity index (χ0n) is 16.5. The molecule has 0 radical (unpaired) electrons. The first-order chi connectivity index (χ1) is 12.9. The second-order valence-corrected chi connectivity index (χ2v) is 7.49. The average Bonchev–Trinajstić information content (AvgIpc) is 2.65. The molecule has 2 rings (SSSR count). The second-order valence-electron chi connectivity index (χ2n) is 7.49. The molecule has 3 N–H and O–H groups in total. The van der Waals surface area contributed by atoms with Gasteiger partial charge in [0.2, 0.25) is 5.90 Å². The summed E-state index contributed by atoms with van der Waals surface area (Å²) in [4.78, 5) is 0. The van der Waals surface area contributed by atoms with E-state index in [2.05, 4.69) is 31.2 Å². The van der Waals surface area contributed by atoms with Crippen LogP contribution in [0.4, 0.5) is 0 Å². The van der Waals surface area contributed by atoms with Gasteiger partial charge in [-0.2, -0.15) is 0 Å². The van der Waals surface area contributed by atoms with E-state index < -0.39 is 6.10 Å². The van der Waals surface area contributed by atoms with Crippen molar-refractivity contribution in [2.24, 2.45) is 5.92 Å². The molecule has 0 heterocycles. The van der Waals surface area contributed by atoms with Crippen LogP contribution in [0.5, 0.6) is 5.75 Å². The Balaban J connectivity index is 1.89. The zero-order chi connectivity index (χ0) is 19.8. The van der Waals surface area contributed by atoms with E-state index in [0.29, 0.717) is 23.5 Å². The Hall–Kier alpha value is -2.33. The molecule has 0 fully saturated rings. The first-order valence-corrected chi connectivity index (χ1v) is 9.67. The van der Waals surface area contributed by atoms with E-state index in [-0.39, 0.29) is 17.8 Å². The van der Waals surface area contributed by atoms with Crippen LogP contribution < -0.4 is 0 Å². The summed E-state index contributed by atoms with van der Waals surface area (Å²) in [6.07, 6.45) is 2.95. The van der Waals surface area contributed by atoms with Crippen LogP contribution in [0.3, 0.4) is 0 Å². The molecule has 2 atom stereocenters. The van der Waals surface area contributed by atoms with Gasteiger partial charge in [0.05, 0.1) is 17.8 Å². The van der Waals surface area contributed by atoms with Crippen LogP contribution in [0.2, 0.25) is 0 Å². The molecule has 27 heavy (non-hydrogen) atoms. The number of aliphatic hydroxyl groups is 1. The number of hydrogen-bond donors (Lipinski definition) is 3. The molecule has 2 aromatic carbocycles. The molecule has 4 heteroatoms. The second kappa shape index (κ2) is 10.1. The monoisotopic (exact) mass is 369 g/mol. The van der Waals surface area contributed by atoms with Crippen molar-refractivity contribution in [1.29, 1.82) is 5.41 Å². The van der Waals surface area contributed by atoms with Crippen LogP contribution in [0, 0.1) is 11.3 Å². The van der Waals surface area contributed by atoms with Gasteiger partial charge in [0.25, 0.3) is 0 Å². The highest BCUT2D eigenvalue weighted by molar-refractivity contribution is 5.94. The van der Waals surface area contributed by atoms with Crippen molar-refractivity contribution in [2.75, 3.05) is 0 Å². The molecule has 0 aliphatic carbocycles. The molecule has 146 valence electrons. The predicted octanol–water partition coefficient (Wildman–Crippen LogP) is 5.23. The van der Waals surface area contributed by atoms with Gasteiger partial charge in [-0.15, -0.1) is 0 Å². The Kier molecular flexibility index (Phi) is 7.86. The number of aliphatic hydroxyl groups excluding tert-OH is 1. The lowest BCUT2D eigenvalue weighted by Crippen LogP contribution is -2.12. The van der Waals surface area contributed by atoms with Gasteiger partial charge in [0.15, 0.2) is 0 Å². The number of phenols is 1. The smallest absolute Gasteiger partial charge is 0.217 e. The summed E-state index contributed by atoms with van der Waals surface area (Å²) in [5.74, 6) is 0.430. The van der Waals surface area contributed by atoms with E-state index in [0.717, 1.165) is 19.3 Å². The van der Waals surface area contributed by atoms with Gasteiger partial charge in [-0.05, 0) is 68.7 Å². The van der Waals surface area contributed by atoms with Gasteiger partial charge in [0, 0.05) is 0 Å². The fourth-order valence-electron chi connectivity index (χ4n) is 3.05. The number of rotatable bonds is 9. The minimum Gasteiger partial charge on any atom is -0.507 e. The Labute approximate surface area is 162 Å². The fourth-order valence-corrected chi connectivity index (χ4v) is 3.05. The van der Waals surface area contributed by atoms with E-state index >= 15 is 0 Å². The molecule has 2 aromatic rings. The van der Waals surface area contributed by atoms with Crippen molar-refractivity contribution in [3.63, 3.8) is 0 Å². The number of nitrogens with one attached hydrogen (secondary N) is 1. The summed E-state index contributed by atoms with van der Waals surface area (Å²) < 4.78 is 5.37. The van der Waals surface area contributed by atoms with Crippen LogP contribution >= 0.6 is 0 Å². The first-order valence-electron chi connectivity index (χ1n) is 9.67. The SMILES string of the molecule is CC(CCc1ccccc1)CCC(O)c1ccc(O)c(C(=N)OC(C)C)c1. The maximum atomic E-state index is 10.5. The Morgan fingerprint density at radius 1 is 1.00 bits per heavy atom. The van der Waals surface area contributed by atoms with Gasteiger partial charge in [-0.3, -0.25) is 5.41 Å². The summed E-state index contributed by atoms with van der Waals surface area (Å²) in [7, 11) is 0. The minimum absolute atomic E-state index is 0.00664. The third-order valence-electron chi connectivity index (χ3n) is 4.71. The molecular weight excluding hydrogens is 338 g/mol. The summed E-state index contributed by atoms with van der Waals surface area (Å²) in [5.41, 5.74) is 2.37. The number of ether oxygens (including phenoxy) is 1. The van der Waals surface area contributed by atoms with Gasteiger partial charge in [-0.25, -0.2) is 0 Å². The van der Waals surface area contributed by atoms with Crippen molar-refractivity contribution in [3.8, 4) is 5.75 Å². The van der Waals surface area contributed by atoms with Crippen molar-refractivity contribution in [2.45, 2.75) is 58.7 Å². The molecule has 0 spiro atoms. The maximum absolute atomic E-state index is 10.5. The molecule has 0 aliphatic heterocycles. The molecule has 0 aliphatic rings. The number of phenolic OH excluding ortho intramolecular Hbond substituents is 1. The number of aryl methyl sites for hydroxylation is 1. The topological polar surface area (TPSA) is 73.5 Å². The van der Waals surface area contributed by atoms with Crippen molar-refractivity contribution in [1.82, 2.24) is 0 Å². The number of benzene rings is 2. The van der Waals surface area contributed by atoms with E-state index in [4.69, 9.17) is 10.1 Å². The van der Waals surface area contributed by atoms with E-state index in [1.807, 2.05) is 19.9 Å². The van der Waals surface area contributed by atoms with Gasteiger partial charge in [-0.1, -0.05) is 43.3 Å². The quantitative estimate of drug-likeness (QED) is 0.419. The van der Waals surface area contributed by atoms with Crippen LogP contribution in [0.15, 0.2) is 48.5 Å². The summed E-state index contributed by atoms with van der Waals surface area (Å²) in [6.45, 7) is 5.88. The molecule has 0 bridgehead atoms. The fraction of sp³-hybridized carbons (Fsp3) is 0.435. The van der Waals surface area contributed by atoms with Gasteiger partial charge < -0.3 is 14.9 Å². The molecule has 0 saturated carbocycles. The minimum atomic E-state index is -0.615. The molecule has 0 saturated heterocycles. The number of hydrogen-bond acceptors (Lipinski definition) is 4. The standard InChI is InChI=1S/C23H31NO3/c1-16(2)27-23(24)20-15-19(12-14-22(20)26)21(25)13-10-17(3)9-11-18-7-5-4-6-8-18/h4-8,12,14-17,21,24-26H,9-11,13H2,1-3H3. The molecule has 0 amide bonds. The van der Waals surface area contributed by atoms with Crippen molar-refractivity contribution >= 4 is 5.90 Å². The van der Waals surface area contributed by atoms with Crippen LogP contribution in [-0.4, -0.2) is 22.2 Å². The predicted molar refractivity (Wildman–Crippen MR) is 109 cm³/mol. The number of aromatic hydroxyl groups is 1. The van der Waals surface area contributed by atoms with Gasteiger partial charge in [0.1, 0.15) is 5.75 Å².